The molecule has 0 fully saturated rings. The number of ether oxygens (including phenoxy) is 2. The zero-order chi connectivity index (χ0) is 19.8. The molecule has 0 aliphatic heterocycles. The van der Waals surface area contributed by atoms with Gasteiger partial charge in [0.2, 0.25) is 0 Å². The zero-order valence-corrected chi connectivity index (χ0v) is 16.5. The summed E-state index contributed by atoms with van der Waals surface area (Å²) < 4.78 is 15.8. The highest BCUT2D eigenvalue weighted by atomic mass is 16.5. The molecule has 0 aliphatic carbocycles. The minimum absolute atomic E-state index is 0.403. The van der Waals surface area contributed by atoms with Crippen molar-refractivity contribution in [1.82, 2.24) is 10.2 Å². The molecule has 2 aromatic rings. The van der Waals surface area contributed by atoms with E-state index in [1.807, 2.05) is 43.1 Å². The minimum atomic E-state index is -0.403. The maximum Gasteiger partial charge on any atom is 0.341 e. The van der Waals surface area contributed by atoms with Crippen molar-refractivity contribution in [3.05, 3.63) is 53.0 Å². The lowest BCUT2D eigenvalue weighted by Crippen LogP contribution is -2.37. The van der Waals surface area contributed by atoms with Gasteiger partial charge in [0.25, 0.3) is 0 Å². The highest BCUT2D eigenvalue weighted by molar-refractivity contribution is 5.90. The fourth-order valence-corrected chi connectivity index (χ4v) is 2.70. The van der Waals surface area contributed by atoms with Gasteiger partial charge in [0, 0.05) is 20.6 Å². The number of hydrogen-bond acceptors (Lipinski definition) is 5. The van der Waals surface area contributed by atoms with Crippen LogP contribution in [0.4, 0.5) is 0 Å². The number of benzene rings is 1. The van der Waals surface area contributed by atoms with E-state index in [2.05, 4.69) is 10.3 Å². The molecule has 7 nitrogen and oxygen atoms in total. The molecule has 1 heterocycles. The molecule has 0 saturated carbocycles. The molecule has 2 rings (SSSR count). The van der Waals surface area contributed by atoms with E-state index in [4.69, 9.17) is 13.9 Å². The van der Waals surface area contributed by atoms with Crippen LogP contribution in [0.15, 0.2) is 39.7 Å². The van der Waals surface area contributed by atoms with Gasteiger partial charge in [-0.05, 0) is 37.6 Å². The lowest BCUT2D eigenvalue weighted by atomic mass is 10.2. The quantitative estimate of drug-likeness (QED) is 0.457. The van der Waals surface area contributed by atoms with Crippen molar-refractivity contribution in [2.45, 2.75) is 26.9 Å². The van der Waals surface area contributed by atoms with Gasteiger partial charge in [-0.3, -0.25) is 4.99 Å². The number of aliphatic imine (C=N–C) groups is 1. The Labute approximate surface area is 160 Å². The molecule has 0 aliphatic rings. The summed E-state index contributed by atoms with van der Waals surface area (Å²) in [5.74, 6) is 2.36. The van der Waals surface area contributed by atoms with Crippen LogP contribution in [-0.4, -0.2) is 44.6 Å². The van der Waals surface area contributed by atoms with Crippen LogP contribution in [0.1, 0.15) is 34.4 Å². The number of furan rings is 1. The maximum absolute atomic E-state index is 11.7. The molecule has 0 atom stereocenters. The van der Waals surface area contributed by atoms with Crippen LogP contribution >= 0.6 is 0 Å². The van der Waals surface area contributed by atoms with Crippen molar-refractivity contribution in [3.63, 3.8) is 0 Å². The summed E-state index contributed by atoms with van der Waals surface area (Å²) in [6.07, 6.45) is 0. The molecule has 0 amide bonds. The van der Waals surface area contributed by atoms with Gasteiger partial charge in [-0.25, -0.2) is 4.79 Å². The van der Waals surface area contributed by atoms with Crippen molar-refractivity contribution in [3.8, 4) is 5.75 Å². The van der Waals surface area contributed by atoms with Crippen molar-refractivity contribution in [2.24, 2.45) is 4.99 Å². The lowest BCUT2D eigenvalue weighted by molar-refractivity contribution is 0.0599. The first-order valence-electron chi connectivity index (χ1n) is 8.79. The van der Waals surface area contributed by atoms with Crippen molar-refractivity contribution in [2.75, 3.05) is 27.8 Å². The first kappa shape index (κ1) is 20.4. The molecule has 146 valence electrons. The number of carbonyl (C=O) groups is 1. The molecule has 0 radical (unpaired) electrons. The number of aryl methyl sites for hydroxylation is 1. The fraction of sp³-hybridized carbons (Fsp3) is 0.400. The fourth-order valence-electron chi connectivity index (χ4n) is 2.70. The highest BCUT2D eigenvalue weighted by Gasteiger charge is 2.16. The van der Waals surface area contributed by atoms with Crippen molar-refractivity contribution in [1.29, 1.82) is 0 Å². The third-order valence-electron chi connectivity index (χ3n) is 4.02. The molecular formula is C20H27N3O4. The van der Waals surface area contributed by atoms with Gasteiger partial charge in [0.05, 0.1) is 20.3 Å². The zero-order valence-electron chi connectivity index (χ0n) is 16.5. The number of esters is 1. The summed E-state index contributed by atoms with van der Waals surface area (Å²) >= 11 is 0. The van der Waals surface area contributed by atoms with Gasteiger partial charge in [0.15, 0.2) is 5.96 Å². The number of methoxy groups -OCH3 is 1. The van der Waals surface area contributed by atoms with Crippen LogP contribution in [-0.2, 0) is 17.8 Å². The van der Waals surface area contributed by atoms with Crippen LogP contribution in [0.5, 0.6) is 5.75 Å². The Bertz CT molecular complexity index is 781. The summed E-state index contributed by atoms with van der Waals surface area (Å²) in [6.45, 7) is 5.46. The standard InChI is InChI=1S/C20H27N3O4/c1-6-26-16-9-7-15(8-10-16)13-23(4)20(21-3)22-12-17-11-18(14(2)27-17)19(24)25-5/h7-11H,6,12-13H2,1-5H3,(H,21,22). The van der Waals surface area contributed by atoms with Gasteiger partial charge in [-0.2, -0.15) is 0 Å². The Hall–Kier alpha value is -2.96. The number of hydrogen-bond donors (Lipinski definition) is 1. The summed E-state index contributed by atoms with van der Waals surface area (Å²) in [5.41, 5.74) is 1.58. The molecular weight excluding hydrogens is 346 g/mol. The predicted octanol–water partition coefficient (Wildman–Crippen LogP) is 2.98. The third-order valence-corrected chi connectivity index (χ3v) is 4.02. The molecule has 27 heavy (non-hydrogen) atoms. The van der Waals surface area contributed by atoms with E-state index in [1.165, 1.54) is 7.11 Å². The number of guanidine groups is 1. The molecule has 0 bridgehead atoms. The van der Waals surface area contributed by atoms with Gasteiger partial charge in [-0.1, -0.05) is 12.1 Å². The minimum Gasteiger partial charge on any atom is -0.494 e. The van der Waals surface area contributed by atoms with Gasteiger partial charge >= 0.3 is 5.97 Å². The largest absolute Gasteiger partial charge is 0.494 e. The molecule has 0 saturated heterocycles. The van der Waals surface area contributed by atoms with Crippen molar-refractivity contribution < 1.29 is 18.7 Å². The Morgan fingerprint density at radius 1 is 1.30 bits per heavy atom. The van der Waals surface area contributed by atoms with Crippen LogP contribution < -0.4 is 10.1 Å². The predicted molar refractivity (Wildman–Crippen MR) is 104 cm³/mol. The summed E-state index contributed by atoms with van der Waals surface area (Å²) in [6, 6.07) is 9.68. The number of nitrogens with one attached hydrogen (secondary N) is 1. The van der Waals surface area contributed by atoms with E-state index < -0.39 is 5.97 Å². The number of rotatable bonds is 7. The molecule has 1 aromatic heterocycles. The average Bonchev–Trinajstić information content (AvgIpc) is 3.04. The van der Waals surface area contributed by atoms with Gasteiger partial charge in [0.1, 0.15) is 22.8 Å². The SMILES string of the molecule is CCOc1ccc(CN(C)C(=NC)NCc2cc(C(=O)OC)c(C)o2)cc1. The summed E-state index contributed by atoms with van der Waals surface area (Å²) in [4.78, 5) is 18.0. The summed E-state index contributed by atoms with van der Waals surface area (Å²) in [5, 5.41) is 3.24. The smallest absolute Gasteiger partial charge is 0.341 e. The van der Waals surface area contributed by atoms with E-state index in [0.717, 1.165) is 17.3 Å². The Morgan fingerprint density at radius 3 is 2.59 bits per heavy atom. The molecule has 0 unspecified atom stereocenters. The van der Waals surface area contributed by atoms with Crippen LogP contribution in [0.3, 0.4) is 0 Å². The van der Waals surface area contributed by atoms with E-state index in [1.54, 1.807) is 20.0 Å². The Kier molecular flexibility index (Phi) is 7.28. The highest BCUT2D eigenvalue weighted by Crippen LogP contribution is 2.16. The van der Waals surface area contributed by atoms with Gasteiger partial charge < -0.3 is 24.1 Å². The molecule has 1 N–H and O–H groups in total. The molecule has 0 spiro atoms. The second-order valence-corrected chi connectivity index (χ2v) is 6.01. The van der Waals surface area contributed by atoms with Crippen LogP contribution in [0.25, 0.3) is 0 Å². The van der Waals surface area contributed by atoms with Crippen LogP contribution in [0.2, 0.25) is 0 Å². The van der Waals surface area contributed by atoms with Gasteiger partial charge in [-0.15, -0.1) is 0 Å². The van der Waals surface area contributed by atoms with E-state index in [9.17, 15) is 4.79 Å². The van der Waals surface area contributed by atoms with Crippen LogP contribution in [0, 0.1) is 6.92 Å². The summed E-state index contributed by atoms with van der Waals surface area (Å²) in [7, 11) is 5.04. The number of carbonyl (C=O) groups excluding carboxylic acids is 1. The molecule has 1 aromatic carbocycles. The average molecular weight is 373 g/mol. The lowest BCUT2D eigenvalue weighted by Gasteiger charge is -2.22. The normalized spacial score (nSPS) is 11.2. The van der Waals surface area contributed by atoms with Crippen molar-refractivity contribution >= 4 is 11.9 Å². The number of nitrogens with zero attached hydrogens (tertiary/aromatic N) is 2. The second-order valence-electron chi connectivity index (χ2n) is 6.01. The third kappa shape index (κ3) is 5.51. The molecule has 7 heteroatoms. The van der Waals surface area contributed by atoms with E-state index in [-0.39, 0.29) is 0 Å². The Morgan fingerprint density at radius 2 is 2.00 bits per heavy atom. The first-order chi connectivity index (χ1) is 13.0. The second kappa shape index (κ2) is 9.66. The first-order valence-corrected chi connectivity index (χ1v) is 8.79. The maximum atomic E-state index is 11.7. The Balaban J connectivity index is 1.95. The topological polar surface area (TPSA) is 76.3 Å². The van der Waals surface area contributed by atoms with E-state index >= 15 is 0 Å². The van der Waals surface area contributed by atoms with E-state index in [0.29, 0.717) is 36.8 Å². The monoisotopic (exact) mass is 373 g/mol.